The Hall–Kier alpha value is -0.570. The SMILES string of the molecule is COC(=O)C(O)C1CCC1. The Balaban J connectivity index is 2.31. The van der Waals surface area contributed by atoms with E-state index >= 15 is 0 Å². The molecule has 0 heterocycles. The normalized spacial score (nSPS) is 21.4. The van der Waals surface area contributed by atoms with Gasteiger partial charge in [0.15, 0.2) is 6.10 Å². The van der Waals surface area contributed by atoms with Crippen LogP contribution in [-0.2, 0) is 9.53 Å². The van der Waals surface area contributed by atoms with Crippen molar-refractivity contribution in [3.63, 3.8) is 0 Å². The van der Waals surface area contributed by atoms with Crippen LogP contribution in [0.15, 0.2) is 0 Å². The molecule has 0 saturated heterocycles. The maximum atomic E-state index is 10.7. The number of aliphatic hydroxyl groups is 1. The van der Waals surface area contributed by atoms with Gasteiger partial charge in [0.2, 0.25) is 0 Å². The van der Waals surface area contributed by atoms with E-state index in [9.17, 15) is 4.79 Å². The molecule has 10 heavy (non-hydrogen) atoms. The van der Waals surface area contributed by atoms with E-state index in [4.69, 9.17) is 5.11 Å². The van der Waals surface area contributed by atoms with Crippen molar-refractivity contribution in [1.29, 1.82) is 0 Å². The van der Waals surface area contributed by atoms with Gasteiger partial charge in [-0.2, -0.15) is 0 Å². The molecule has 1 unspecified atom stereocenters. The van der Waals surface area contributed by atoms with E-state index in [1.807, 2.05) is 0 Å². The molecule has 58 valence electrons. The number of ether oxygens (including phenoxy) is 1. The standard InChI is InChI=1S/C7H12O3/c1-10-7(9)6(8)5-3-2-4-5/h5-6,8H,2-4H2,1H3. The van der Waals surface area contributed by atoms with Gasteiger partial charge in [-0.15, -0.1) is 0 Å². The van der Waals surface area contributed by atoms with Gasteiger partial charge < -0.3 is 9.84 Å². The highest BCUT2D eigenvalue weighted by atomic mass is 16.5. The van der Waals surface area contributed by atoms with Crippen LogP contribution in [0, 0.1) is 5.92 Å². The van der Waals surface area contributed by atoms with Crippen LogP contribution < -0.4 is 0 Å². The lowest BCUT2D eigenvalue weighted by atomic mass is 9.81. The van der Waals surface area contributed by atoms with Crippen molar-refractivity contribution in [3.05, 3.63) is 0 Å². The summed E-state index contributed by atoms with van der Waals surface area (Å²) in [4.78, 5) is 10.7. The molecule has 0 aromatic heterocycles. The molecule has 0 bridgehead atoms. The van der Waals surface area contributed by atoms with Crippen LogP contribution in [0.2, 0.25) is 0 Å². The van der Waals surface area contributed by atoms with Gasteiger partial charge >= 0.3 is 5.97 Å². The predicted octanol–water partition coefficient (Wildman–Crippen LogP) is 0.320. The molecular weight excluding hydrogens is 132 g/mol. The summed E-state index contributed by atoms with van der Waals surface area (Å²) < 4.78 is 4.38. The van der Waals surface area contributed by atoms with Gasteiger partial charge in [0.25, 0.3) is 0 Å². The minimum atomic E-state index is -0.876. The number of hydrogen-bond acceptors (Lipinski definition) is 3. The van der Waals surface area contributed by atoms with Gasteiger partial charge in [0, 0.05) is 0 Å². The Labute approximate surface area is 60.0 Å². The number of hydrogen-bond donors (Lipinski definition) is 1. The molecule has 0 aliphatic heterocycles. The molecule has 3 nitrogen and oxygen atoms in total. The Bertz CT molecular complexity index is 129. The smallest absolute Gasteiger partial charge is 0.334 e. The minimum Gasteiger partial charge on any atom is -0.467 e. The van der Waals surface area contributed by atoms with Crippen LogP contribution in [-0.4, -0.2) is 24.3 Å². The Morgan fingerprint density at radius 2 is 2.30 bits per heavy atom. The summed E-state index contributed by atoms with van der Waals surface area (Å²) in [6, 6.07) is 0. The molecule has 0 radical (unpaired) electrons. The van der Waals surface area contributed by atoms with Crippen molar-refractivity contribution in [2.75, 3.05) is 7.11 Å². The molecule has 0 spiro atoms. The number of esters is 1. The number of methoxy groups -OCH3 is 1. The fourth-order valence-corrected chi connectivity index (χ4v) is 1.07. The number of rotatable bonds is 2. The van der Waals surface area contributed by atoms with Gasteiger partial charge in [-0.1, -0.05) is 6.42 Å². The quantitative estimate of drug-likeness (QED) is 0.568. The average Bonchev–Trinajstić information content (AvgIpc) is 1.82. The lowest BCUT2D eigenvalue weighted by Crippen LogP contribution is -2.34. The largest absolute Gasteiger partial charge is 0.467 e. The Morgan fingerprint density at radius 1 is 1.70 bits per heavy atom. The zero-order valence-corrected chi connectivity index (χ0v) is 6.04. The average molecular weight is 144 g/mol. The molecule has 1 atom stereocenters. The zero-order chi connectivity index (χ0) is 7.56. The van der Waals surface area contributed by atoms with Crippen LogP contribution >= 0.6 is 0 Å². The molecular formula is C7H12O3. The van der Waals surface area contributed by atoms with Crippen molar-refractivity contribution in [3.8, 4) is 0 Å². The summed E-state index contributed by atoms with van der Waals surface area (Å²) >= 11 is 0. The summed E-state index contributed by atoms with van der Waals surface area (Å²) in [6.45, 7) is 0. The highest BCUT2D eigenvalue weighted by Gasteiger charge is 2.31. The molecule has 1 rings (SSSR count). The van der Waals surface area contributed by atoms with E-state index in [0.717, 1.165) is 19.3 Å². The first kappa shape index (κ1) is 7.54. The molecule has 1 fully saturated rings. The Kier molecular flexibility index (Phi) is 2.27. The van der Waals surface area contributed by atoms with Gasteiger partial charge in [-0.05, 0) is 18.8 Å². The van der Waals surface area contributed by atoms with Gasteiger partial charge in [0.1, 0.15) is 0 Å². The maximum Gasteiger partial charge on any atom is 0.334 e. The molecule has 1 aliphatic rings. The first-order valence-corrected chi connectivity index (χ1v) is 3.51. The van der Waals surface area contributed by atoms with Crippen LogP contribution in [0.3, 0.4) is 0 Å². The molecule has 0 aromatic carbocycles. The third-order valence-corrected chi connectivity index (χ3v) is 2.04. The first-order valence-electron chi connectivity index (χ1n) is 3.51. The monoisotopic (exact) mass is 144 g/mol. The summed E-state index contributed by atoms with van der Waals surface area (Å²) in [5.74, 6) is -0.336. The van der Waals surface area contributed by atoms with E-state index in [1.54, 1.807) is 0 Å². The summed E-state index contributed by atoms with van der Waals surface area (Å²) in [5.41, 5.74) is 0. The maximum absolute atomic E-state index is 10.7. The van der Waals surface area contributed by atoms with E-state index in [0.29, 0.717) is 0 Å². The van der Waals surface area contributed by atoms with Crippen molar-refractivity contribution < 1.29 is 14.6 Å². The molecule has 1 aliphatic carbocycles. The second-order valence-electron chi connectivity index (χ2n) is 2.66. The molecule has 3 heteroatoms. The van der Waals surface area contributed by atoms with Gasteiger partial charge in [-0.25, -0.2) is 4.79 Å². The van der Waals surface area contributed by atoms with Crippen LogP contribution in [0.25, 0.3) is 0 Å². The second-order valence-corrected chi connectivity index (χ2v) is 2.66. The van der Waals surface area contributed by atoms with Gasteiger partial charge in [0.05, 0.1) is 7.11 Å². The molecule has 0 amide bonds. The molecule has 1 N–H and O–H groups in total. The van der Waals surface area contributed by atoms with Gasteiger partial charge in [-0.3, -0.25) is 0 Å². The number of carbonyl (C=O) groups is 1. The molecule has 1 saturated carbocycles. The molecule has 0 aromatic rings. The van der Waals surface area contributed by atoms with Crippen molar-refractivity contribution >= 4 is 5.97 Å². The Morgan fingerprint density at radius 3 is 2.60 bits per heavy atom. The zero-order valence-electron chi connectivity index (χ0n) is 6.04. The number of carbonyl (C=O) groups excluding carboxylic acids is 1. The summed E-state index contributed by atoms with van der Waals surface area (Å²) in [5, 5.41) is 9.16. The van der Waals surface area contributed by atoms with Crippen molar-refractivity contribution in [2.24, 2.45) is 5.92 Å². The third-order valence-electron chi connectivity index (χ3n) is 2.04. The predicted molar refractivity (Wildman–Crippen MR) is 35.4 cm³/mol. The number of aliphatic hydroxyl groups excluding tert-OH is 1. The fraction of sp³-hybridized carbons (Fsp3) is 0.857. The van der Waals surface area contributed by atoms with Crippen LogP contribution in [0.4, 0.5) is 0 Å². The lowest BCUT2D eigenvalue weighted by molar-refractivity contribution is -0.155. The van der Waals surface area contributed by atoms with Crippen LogP contribution in [0.1, 0.15) is 19.3 Å². The summed E-state index contributed by atoms with van der Waals surface area (Å²) in [6.07, 6.45) is 2.16. The topological polar surface area (TPSA) is 46.5 Å². The van der Waals surface area contributed by atoms with E-state index < -0.39 is 12.1 Å². The minimum absolute atomic E-state index is 0.160. The van der Waals surface area contributed by atoms with Crippen molar-refractivity contribution in [1.82, 2.24) is 0 Å². The van der Waals surface area contributed by atoms with Crippen LogP contribution in [0.5, 0.6) is 0 Å². The third kappa shape index (κ3) is 1.29. The van der Waals surface area contributed by atoms with E-state index in [-0.39, 0.29) is 5.92 Å². The highest BCUT2D eigenvalue weighted by molar-refractivity contribution is 5.74. The van der Waals surface area contributed by atoms with Crippen molar-refractivity contribution in [2.45, 2.75) is 25.4 Å². The second kappa shape index (κ2) is 3.01. The first-order chi connectivity index (χ1) is 4.75. The fourth-order valence-electron chi connectivity index (χ4n) is 1.07. The van der Waals surface area contributed by atoms with E-state index in [1.165, 1.54) is 7.11 Å². The van der Waals surface area contributed by atoms with E-state index in [2.05, 4.69) is 4.74 Å². The highest BCUT2D eigenvalue weighted by Crippen LogP contribution is 2.29. The lowest BCUT2D eigenvalue weighted by Gasteiger charge is -2.28. The summed E-state index contributed by atoms with van der Waals surface area (Å²) in [7, 11) is 1.30.